The summed E-state index contributed by atoms with van der Waals surface area (Å²) < 4.78 is 10.7. The van der Waals surface area contributed by atoms with Crippen LogP contribution < -0.4 is 25.0 Å². The maximum atomic E-state index is 5.41. The van der Waals surface area contributed by atoms with Crippen molar-refractivity contribution in [3.8, 4) is 11.5 Å². The standard InChI is InChI=1S/C17H23N5O2S/c1-4-18-16(20-9-13-10-25-17(21-13)22(2)3)19-8-12-5-6-14-15(7-12)24-11-23-14/h5-7,10H,4,8-9,11H2,1-3H3,(H2,18,19,20). The number of guanidine groups is 1. The molecule has 0 radical (unpaired) electrons. The highest BCUT2D eigenvalue weighted by atomic mass is 32.1. The lowest BCUT2D eigenvalue weighted by Gasteiger charge is -2.10. The Labute approximate surface area is 151 Å². The number of ether oxygens (including phenoxy) is 2. The Balaban J connectivity index is 1.60. The lowest BCUT2D eigenvalue weighted by molar-refractivity contribution is 0.174. The fourth-order valence-corrected chi connectivity index (χ4v) is 3.07. The Morgan fingerprint density at radius 1 is 1.28 bits per heavy atom. The van der Waals surface area contributed by atoms with Crippen molar-refractivity contribution >= 4 is 22.4 Å². The number of nitrogens with zero attached hydrogens (tertiary/aromatic N) is 3. The molecule has 1 aromatic heterocycles. The van der Waals surface area contributed by atoms with Crippen molar-refractivity contribution in [3.05, 3.63) is 34.8 Å². The van der Waals surface area contributed by atoms with Gasteiger partial charge in [0.05, 0.1) is 18.8 Å². The predicted octanol–water partition coefficient (Wildman–Crippen LogP) is 2.19. The molecule has 8 heteroatoms. The fraction of sp³-hybridized carbons (Fsp3) is 0.412. The highest BCUT2D eigenvalue weighted by Gasteiger charge is 2.13. The third-order valence-electron chi connectivity index (χ3n) is 3.56. The second kappa shape index (κ2) is 8.06. The molecule has 0 bridgehead atoms. The van der Waals surface area contributed by atoms with Crippen LogP contribution >= 0.6 is 11.3 Å². The molecule has 7 nitrogen and oxygen atoms in total. The second-order valence-corrected chi connectivity index (χ2v) is 6.59. The predicted molar refractivity (Wildman–Crippen MR) is 101 cm³/mol. The molecule has 0 spiro atoms. The van der Waals surface area contributed by atoms with E-state index in [-0.39, 0.29) is 6.79 Å². The van der Waals surface area contributed by atoms with Crippen molar-refractivity contribution in [1.82, 2.24) is 15.6 Å². The molecule has 0 saturated carbocycles. The molecule has 0 amide bonds. The van der Waals surface area contributed by atoms with E-state index in [1.54, 1.807) is 11.3 Å². The summed E-state index contributed by atoms with van der Waals surface area (Å²) in [6.07, 6.45) is 0. The van der Waals surface area contributed by atoms with Crippen molar-refractivity contribution in [3.63, 3.8) is 0 Å². The van der Waals surface area contributed by atoms with Gasteiger partial charge < -0.3 is 25.0 Å². The first-order valence-electron chi connectivity index (χ1n) is 8.18. The summed E-state index contributed by atoms with van der Waals surface area (Å²) in [5, 5.41) is 9.63. The fourth-order valence-electron chi connectivity index (χ4n) is 2.31. The minimum atomic E-state index is 0.287. The largest absolute Gasteiger partial charge is 0.454 e. The third-order valence-corrected chi connectivity index (χ3v) is 4.62. The zero-order valence-electron chi connectivity index (χ0n) is 14.7. The number of nitrogens with one attached hydrogen (secondary N) is 2. The van der Waals surface area contributed by atoms with E-state index >= 15 is 0 Å². The molecule has 0 aliphatic carbocycles. The number of benzene rings is 1. The van der Waals surface area contributed by atoms with Gasteiger partial charge in [0.25, 0.3) is 0 Å². The minimum absolute atomic E-state index is 0.287. The van der Waals surface area contributed by atoms with Crippen LogP contribution in [0.3, 0.4) is 0 Å². The molecule has 2 aromatic rings. The molecule has 0 fully saturated rings. The Morgan fingerprint density at radius 3 is 2.88 bits per heavy atom. The molecule has 25 heavy (non-hydrogen) atoms. The van der Waals surface area contributed by atoms with Gasteiger partial charge >= 0.3 is 0 Å². The van der Waals surface area contributed by atoms with E-state index in [4.69, 9.17) is 9.47 Å². The topological polar surface area (TPSA) is 71.0 Å². The van der Waals surface area contributed by atoms with Crippen molar-refractivity contribution in [2.45, 2.75) is 20.0 Å². The number of aromatic nitrogens is 1. The normalized spacial score (nSPS) is 13.0. The first kappa shape index (κ1) is 17.3. The van der Waals surface area contributed by atoms with E-state index in [9.17, 15) is 0 Å². The Kier molecular flexibility index (Phi) is 5.60. The van der Waals surface area contributed by atoms with Gasteiger partial charge in [0, 0.05) is 26.0 Å². The number of thiazole rings is 1. The van der Waals surface area contributed by atoms with E-state index in [1.807, 2.05) is 44.1 Å². The number of fused-ring (bicyclic) bond motifs is 1. The van der Waals surface area contributed by atoms with Crippen LogP contribution in [0.4, 0.5) is 5.13 Å². The summed E-state index contributed by atoms with van der Waals surface area (Å²) in [7, 11) is 3.99. The van der Waals surface area contributed by atoms with Crippen LogP contribution in [0.1, 0.15) is 18.2 Å². The van der Waals surface area contributed by atoms with Gasteiger partial charge in [-0.1, -0.05) is 6.07 Å². The van der Waals surface area contributed by atoms with Gasteiger partial charge in [-0.3, -0.25) is 0 Å². The van der Waals surface area contributed by atoms with Crippen LogP contribution in [0.5, 0.6) is 11.5 Å². The highest BCUT2D eigenvalue weighted by molar-refractivity contribution is 7.13. The molecule has 2 heterocycles. The number of hydrogen-bond acceptors (Lipinski definition) is 6. The average molecular weight is 361 g/mol. The van der Waals surface area contributed by atoms with Gasteiger partial charge in [-0.2, -0.15) is 0 Å². The minimum Gasteiger partial charge on any atom is -0.454 e. The second-order valence-electron chi connectivity index (χ2n) is 5.75. The van der Waals surface area contributed by atoms with Gasteiger partial charge in [0.2, 0.25) is 6.79 Å². The SMILES string of the molecule is CCNC(=NCc1ccc2c(c1)OCO2)NCc1csc(N(C)C)n1. The molecule has 134 valence electrons. The molecule has 0 unspecified atom stereocenters. The first-order chi connectivity index (χ1) is 12.2. The zero-order valence-corrected chi connectivity index (χ0v) is 15.5. The number of rotatable bonds is 6. The lowest BCUT2D eigenvalue weighted by atomic mass is 10.2. The smallest absolute Gasteiger partial charge is 0.231 e. The van der Waals surface area contributed by atoms with E-state index < -0.39 is 0 Å². The van der Waals surface area contributed by atoms with E-state index in [1.165, 1.54) is 0 Å². The first-order valence-corrected chi connectivity index (χ1v) is 9.06. The molecule has 0 saturated heterocycles. The van der Waals surface area contributed by atoms with Crippen molar-refractivity contribution in [1.29, 1.82) is 0 Å². The van der Waals surface area contributed by atoms with Gasteiger partial charge in [-0.05, 0) is 24.6 Å². The van der Waals surface area contributed by atoms with Gasteiger partial charge in [-0.15, -0.1) is 11.3 Å². The average Bonchev–Trinajstić information content (AvgIpc) is 3.25. The quantitative estimate of drug-likeness (QED) is 0.607. The number of anilines is 1. The summed E-state index contributed by atoms with van der Waals surface area (Å²) in [6, 6.07) is 5.90. The van der Waals surface area contributed by atoms with Crippen LogP contribution in [0.25, 0.3) is 0 Å². The summed E-state index contributed by atoms with van der Waals surface area (Å²) in [5.74, 6) is 2.34. The Hall–Kier alpha value is -2.48. The monoisotopic (exact) mass is 361 g/mol. The molecule has 3 rings (SSSR count). The molecule has 1 aliphatic rings. The van der Waals surface area contributed by atoms with Gasteiger partial charge in [0.15, 0.2) is 22.6 Å². The lowest BCUT2D eigenvalue weighted by Crippen LogP contribution is -2.36. The number of hydrogen-bond donors (Lipinski definition) is 2. The maximum Gasteiger partial charge on any atom is 0.231 e. The third kappa shape index (κ3) is 4.54. The van der Waals surface area contributed by atoms with Crippen LogP contribution in [0, 0.1) is 0 Å². The van der Waals surface area contributed by atoms with Crippen LogP contribution in [0.2, 0.25) is 0 Å². The molecule has 2 N–H and O–H groups in total. The van der Waals surface area contributed by atoms with Gasteiger partial charge in [0.1, 0.15) is 0 Å². The van der Waals surface area contributed by atoms with E-state index in [0.717, 1.165) is 40.4 Å². The number of aliphatic imine (C=N–C) groups is 1. The molecule has 0 atom stereocenters. The van der Waals surface area contributed by atoms with Crippen molar-refractivity contribution < 1.29 is 9.47 Å². The van der Waals surface area contributed by atoms with Crippen molar-refractivity contribution in [2.24, 2.45) is 4.99 Å². The van der Waals surface area contributed by atoms with E-state index in [0.29, 0.717) is 13.1 Å². The van der Waals surface area contributed by atoms with Gasteiger partial charge in [-0.25, -0.2) is 9.98 Å². The maximum absolute atomic E-state index is 5.41. The summed E-state index contributed by atoms with van der Waals surface area (Å²) in [5.41, 5.74) is 2.08. The van der Waals surface area contributed by atoms with Crippen LogP contribution in [0.15, 0.2) is 28.6 Å². The van der Waals surface area contributed by atoms with Crippen LogP contribution in [-0.4, -0.2) is 38.4 Å². The van der Waals surface area contributed by atoms with Crippen molar-refractivity contribution in [2.75, 3.05) is 32.3 Å². The molecular weight excluding hydrogens is 338 g/mol. The molecule has 1 aromatic carbocycles. The Morgan fingerprint density at radius 2 is 2.12 bits per heavy atom. The Bertz CT molecular complexity index is 744. The molecular formula is C17H23N5O2S. The highest BCUT2D eigenvalue weighted by Crippen LogP contribution is 2.32. The van der Waals surface area contributed by atoms with E-state index in [2.05, 4.69) is 26.0 Å². The molecule has 1 aliphatic heterocycles. The van der Waals surface area contributed by atoms with Crippen LogP contribution in [-0.2, 0) is 13.1 Å². The summed E-state index contributed by atoms with van der Waals surface area (Å²) in [4.78, 5) is 11.2. The summed E-state index contributed by atoms with van der Waals surface area (Å²) in [6.45, 7) is 4.33. The zero-order chi connectivity index (χ0) is 17.6. The summed E-state index contributed by atoms with van der Waals surface area (Å²) >= 11 is 1.63.